The molecule has 0 amide bonds. The molecule has 0 N–H and O–H groups in total. The molecule has 0 bridgehead atoms. The van der Waals surface area contributed by atoms with Crippen molar-refractivity contribution in [2.75, 3.05) is 0 Å². The lowest BCUT2D eigenvalue weighted by Gasteiger charge is -2.22. The lowest BCUT2D eigenvalue weighted by Crippen LogP contribution is -2.13. The Hall–Kier alpha value is -0.790. The average Bonchev–Trinajstić information content (AvgIpc) is 3.52. The SMILES string of the molecule is CCCCCCCCCCCCCCCCCCC(CCC)c1nccn1C(C)CCCCCCCCCCCCCCC. The first-order chi connectivity index (χ1) is 21.7. The van der Waals surface area contributed by atoms with Crippen LogP contribution < -0.4 is 0 Å². The maximum atomic E-state index is 4.92. The third-order valence-corrected chi connectivity index (χ3v) is 10.3. The molecule has 2 heteroatoms. The number of aromatic nitrogens is 2. The van der Waals surface area contributed by atoms with Crippen LogP contribution in [0.1, 0.15) is 257 Å². The van der Waals surface area contributed by atoms with Gasteiger partial charge >= 0.3 is 0 Å². The van der Waals surface area contributed by atoms with Crippen molar-refractivity contribution < 1.29 is 0 Å². The standard InChI is InChI=1S/C42H82N2/c1-5-8-10-12-14-16-18-20-21-22-24-26-28-30-32-34-37-41(35-7-3)42-43-38-39-44(42)40(4)36-33-31-29-27-25-23-19-17-15-13-11-9-6-2/h38-41H,5-37H2,1-4H3. The highest BCUT2D eigenvalue weighted by atomic mass is 15.1. The van der Waals surface area contributed by atoms with E-state index in [4.69, 9.17) is 4.98 Å². The number of unbranched alkanes of at least 4 members (excludes halogenated alkanes) is 27. The van der Waals surface area contributed by atoms with Gasteiger partial charge in [-0.1, -0.05) is 213 Å². The van der Waals surface area contributed by atoms with Crippen molar-refractivity contribution in [2.45, 2.75) is 252 Å². The van der Waals surface area contributed by atoms with Crippen molar-refractivity contribution in [2.24, 2.45) is 0 Å². The molecule has 0 radical (unpaired) electrons. The lowest BCUT2D eigenvalue weighted by molar-refractivity contribution is 0.419. The van der Waals surface area contributed by atoms with E-state index < -0.39 is 0 Å². The third-order valence-electron chi connectivity index (χ3n) is 10.3. The predicted molar refractivity (Wildman–Crippen MR) is 199 cm³/mol. The van der Waals surface area contributed by atoms with Crippen LogP contribution in [0, 0.1) is 0 Å². The summed E-state index contributed by atoms with van der Waals surface area (Å²) in [4.78, 5) is 4.92. The third kappa shape index (κ3) is 23.5. The summed E-state index contributed by atoms with van der Waals surface area (Å²) < 4.78 is 2.55. The molecule has 1 aromatic rings. The molecule has 44 heavy (non-hydrogen) atoms. The van der Waals surface area contributed by atoms with Crippen molar-refractivity contribution in [1.82, 2.24) is 9.55 Å². The van der Waals surface area contributed by atoms with Gasteiger partial charge in [-0.2, -0.15) is 0 Å². The molecule has 1 heterocycles. The molecular weight excluding hydrogens is 532 g/mol. The minimum absolute atomic E-state index is 0.588. The van der Waals surface area contributed by atoms with Gasteiger partial charge in [-0.3, -0.25) is 0 Å². The second-order valence-electron chi connectivity index (χ2n) is 14.7. The molecule has 1 aromatic heterocycles. The molecule has 260 valence electrons. The lowest BCUT2D eigenvalue weighted by atomic mass is 9.94. The van der Waals surface area contributed by atoms with E-state index >= 15 is 0 Å². The topological polar surface area (TPSA) is 17.8 Å². The van der Waals surface area contributed by atoms with E-state index in [9.17, 15) is 0 Å². The summed E-state index contributed by atoms with van der Waals surface area (Å²) in [6.45, 7) is 9.40. The van der Waals surface area contributed by atoms with Crippen LogP contribution in [-0.4, -0.2) is 9.55 Å². The largest absolute Gasteiger partial charge is 0.332 e. The number of nitrogens with zero attached hydrogens (tertiary/aromatic N) is 2. The molecule has 0 aromatic carbocycles. The van der Waals surface area contributed by atoms with E-state index in [2.05, 4.69) is 44.7 Å². The van der Waals surface area contributed by atoms with Crippen LogP contribution in [0.4, 0.5) is 0 Å². The van der Waals surface area contributed by atoms with Gasteiger partial charge in [0.25, 0.3) is 0 Å². The van der Waals surface area contributed by atoms with Crippen LogP contribution in [0.5, 0.6) is 0 Å². The molecule has 1 rings (SSSR count). The van der Waals surface area contributed by atoms with E-state index in [-0.39, 0.29) is 0 Å². The van der Waals surface area contributed by atoms with Gasteiger partial charge in [0.15, 0.2) is 0 Å². The zero-order valence-corrected chi connectivity index (χ0v) is 31.0. The fourth-order valence-electron chi connectivity index (χ4n) is 7.30. The Morgan fingerprint density at radius 2 is 0.773 bits per heavy atom. The van der Waals surface area contributed by atoms with Crippen LogP contribution in [0.2, 0.25) is 0 Å². The van der Waals surface area contributed by atoms with Gasteiger partial charge in [0.05, 0.1) is 0 Å². The molecule has 0 aliphatic rings. The van der Waals surface area contributed by atoms with Crippen LogP contribution in [0.3, 0.4) is 0 Å². The maximum Gasteiger partial charge on any atom is 0.111 e. The van der Waals surface area contributed by atoms with Gasteiger partial charge < -0.3 is 4.57 Å². The van der Waals surface area contributed by atoms with E-state index in [1.54, 1.807) is 0 Å². The first-order valence-electron chi connectivity index (χ1n) is 20.8. The van der Waals surface area contributed by atoms with Crippen molar-refractivity contribution >= 4 is 0 Å². The monoisotopic (exact) mass is 615 g/mol. The summed E-state index contributed by atoms with van der Waals surface area (Å²) in [5.74, 6) is 2.03. The molecule has 2 nitrogen and oxygen atoms in total. The number of imidazole rings is 1. The Labute approximate surface area is 278 Å². The summed E-state index contributed by atoms with van der Waals surface area (Å²) in [7, 11) is 0. The number of rotatable bonds is 35. The predicted octanol–water partition coefficient (Wildman–Crippen LogP) is 15.5. The summed E-state index contributed by atoms with van der Waals surface area (Å²) in [5.41, 5.74) is 0. The zero-order valence-electron chi connectivity index (χ0n) is 31.0. The number of hydrogen-bond donors (Lipinski definition) is 0. The first-order valence-corrected chi connectivity index (χ1v) is 20.8. The highest BCUT2D eigenvalue weighted by molar-refractivity contribution is 5.02. The quantitative estimate of drug-likeness (QED) is 0.0695. The zero-order chi connectivity index (χ0) is 31.8. The van der Waals surface area contributed by atoms with E-state index in [0.717, 1.165) is 0 Å². The van der Waals surface area contributed by atoms with Crippen molar-refractivity contribution in [3.8, 4) is 0 Å². The van der Waals surface area contributed by atoms with Gasteiger partial charge in [0, 0.05) is 24.4 Å². The Kier molecular flexibility index (Phi) is 30.1. The Balaban J connectivity index is 2.09. The second kappa shape index (κ2) is 32.2. The van der Waals surface area contributed by atoms with E-state index in [1.165, 1.54) is 218 Å². The fourth-order valence-corrected chi connectivity index (χ4v) is 7.30. The molecule has 0 aliphatic carbocycles. The molecule has 2 atom stereocenters. The van der Waals surface area contributed by atoms with Crippen LogP contribution >= 0.6 is 0 Å². The van der Waals surface area contributed by atoms with Crippen LogP contribution in [-0.2, 0) is 0 Å². The Morgan fingerprint density at radius 1 is 0.432 bits per heavy atom. The number of hydrogen-bond acceptors (Lipinski definition) is 1. The second-order valence-corrected chi connectivity index (χ2v) is 14.7. The molecule has 0 aliphatic heterocycles. The molecule has 0 saturated carbocycles. The average molecular weight is 615 g/mol. The van der Waals surface area contributed by atoms with Gasteiger partial charge in [0.2, 0.25) is 0 Å². The molecule has 0 saturated heterocycles. The van der Waals surface area contributed by atoms with Crippen molar-refractivity contribution in [3.05, 3.63) is 18.2 Å². The van der Waals surface area contributed by atoms with Crippen molar-refractivity contribution in [3.63, 3.8) is 0 Å². The minimum Gasteiger partial charge on any atom is -0.332 e. The van der Waals surface area contributed by atoms with Gasteiger partial charge in [-0.25, -0.2) is 4.98 Å². The summed E-state index contributed by atoms with van der Waals surface area (Å²) >= 11 is 0. The first kappa shape index (κ1) is 41.2. The molecule has 0 spiro atoms. The van der Waals surface area contributed by atoms with Gasteiger partial charge in [-0.05, 0) is 26.2 Å². The Morgan fingerprint density at radius 3 is 1.14 bits per heavy atom. The minimum atomic E-state index is 0.588. The summed E-state index contributed by atoms with van der Waals surface area (Å²) in [5, 5.41) is 0. The summed E-state index contributed by atoms with van der Waals surface area (Å²) in [6.07, 6.45) is 51.3. The fraction of sp³-hybridized carbons (Fsp3) is 0.929. The highest BCUT2D eigenvalue weighted by Gasteiger charge is 2.18. The molecule has 0 fully saturated rings. The van der Waals surface area contributed by atoms with E-state index in [1.807, 2.05) is 0 Å². The molecule has 2 unspecified atom stereocenters. The van der Waals surface area contributed by atoms with E-state index in [0.29, 0.717) is 12.0 Å². The summed E-state index contributed by atoms with van der Waals surface area (Å²) in [6, 6.07) is 0.588. The maximum absolute atomic E-state index is 4.92. The smallest absolute Gasteiger partial charge is 0.111 e. The Bertz CT molecular complexity index is 679. The van der Waals surface area contributed by atoms with Crippen LogP contribution in [0.15, 0.2) is 12.4 Å². The molecular formula is C42H82N2. The normalized spacial score (nSPS) is 13.1. The van der Waals surface area contributed by atoms with Gasteiger partial charge in [-0.15, -0.1) is 0 Å². The van der Waals surface area contributed by atoms with Gasteiger partial charge in [0.1, 0.15) is 5.82 Å². The van der Waals surface area contributed by atoms with Crippen molar-refractivity contribution in [1.29, 1.82) is 0 Å². The van der Waals surface area contributed by atoms with Crippen LogP contribution in [0.25, 0.3) is 0 Å². The highest BCUT2D eigenvalue weighted by Crippen LogP contribution is 2.30.